The van der Waals surface area contributed by atoms with Gasteiger partial charge in [-0.05, 0) is 12.0 Å². The Labute approximate surface area is 118 Å². The molecule has 0 aliphatic carbocycles. The van der Waals surface area contributed by atoms with Gasteiger partial charge in [0.05, 0.1) is 0 Å². The molecule has 114 valence electrons. The van der Waals surface area contributed by atoms with Gasteiger partial charge in [0.1, 0.15) is 0 Å². The fraction of sp³-hybridized carbons (Fsp3) is 0.357. The van der Waals surface area contributed by atoms with Gasteiger partial charge in [0.2, 0.25) is 0 Å². The van der Waals surface area contributed by atoms with E-state index < -0.39 is 17.9 Å². The Morgan fingerprint density at radius 1 is 0.800 bits per heavy atom. The summed E-state index contributed by atoms with van der Waals surface area (Å²) in [7, 11) is 0. The molecule has 0 heterocycles. The van der Waals surface area contributed by atoms with Crippen molar-refractivity contribution in [2.75, 3.05) is 0 Å². The van der Waals surface area contributed by atoms with E-state index in [1.54, 1.807) is 0 Å². The highest BCUT2D eigenvalue weighted by Crippen LogP contribution is 1.96. The largest absolute Gasteiger partial charge is 0.481 e. The zero-order valence-electron chi connectivity index (χ0n) is 12.2. The molecule has 0 fully saturated rings. The molecule has 0 saturated heterocycles. The Kier molecular flexibility index (Phi) is 18.9. The molecule has 0 radical (unpaired) electrons. The highest BCUT2D eigenvalue weighted by molar-refractivity contribution is 5.63. The number of hydrogen-bond acceptors (Lipinski definition) is 3. The molecule has 0 saturated carbocycles. The van der Waals surface area contributed by atoms with Gasteiger partial charge in [-0.1, -0.05) is 37.3 Å². The highest BCUT2D eigenvalue weighted by atomic mass is 16.4. The van der Waals surface area contributed by atoms with Crippen LogP contribution in [0.25, 0.3) is 0 Å². The van der Waals surface area contributed by atoms with Crippen LogP contribution in [0.3, 0.4) is 0 Å². The van der Waals surface area contributed by atoms with E-state index in [0.717, 1.165) is 27.2 Å². The van der Waals surface area contributed by atoms with Crippen LogP contribution in [-0.4, -0.2) is 33.2 Å². The van der Waals surface area contributed by atoms with Crippen molar-refractivity contribution in [3.05, 3.63) is 35.9 Å². The Hall–Kier alpha value is -2.37. The van der Waals surface area contributed by atoms with Gasteiger partial charge in [-0.2, -0.15) is 0 Å². The van der Waals surface area contributed by atoms with Crippen LogP contribution in [0.4, 0.5) is 0 Å². The summed E-state index contributed by atoms with van der Waals surface area (Å²) in [4.78, 5) is 27.0. The number of benzene rings is 1. The van der Waals surface area contributed by atoms with Crippen LogP contribution in [0, 0.1) is 0 Å². The van der Waals surface area contributed by atoms with Crippen LogP contribution in [0.2, 0.25) is 0 Å². The molecule has 1 rings (SSSR count). The van der Waals surface area contributed by atoms with Gasteiger partial charge in [-0.3, -0.25) is 14.4 Å². The number of carbonyl (C=O) groups is 3. The average Bonchev–Trinajstić information content (AvgIpc) is 2.28. The summed E-state index contributed by atoms with van der Waals surface area (Å²) in [5, 5.41) is 22.2. The first kappa shape index (κ1) is 22.8. The van der Waals surface area contributed by atoms with Crippen molar-refractivity contribution in [2.24, 2.45) is 0 Å². The smallest absolute Gasteiger partial charge is 0.300 e. The molecular formula is C14H22O6. The van der Waals surface area contributed by atoms with Crippen molar-refractivity contribution in [1.82, 2.24) is 0 Å². The van der Waals surface area contributed by atoms with Gasteiger partial charge in [-0.15, -0.1) is 0 Å². The Morgan fingerprint density at radius 3 is 1.20 bits per heavy atom. The van der Waals surface area contributed by atoms with Gasteiger partial charge < -0.3 is 15.3 Å². The molecule has 1 aromatic carbocycles. The average molecular weight is 286 g/mol. The summed E-state index contributed by atoms with van der Waals surface area (Å²) >= 11 is 0. The number of carboxylic acid groups (broad SMARTS) is 3. The number of carboxylic acids is 3. The second kappa shape index (κ2) is 16.6. The van der Waals surface area contributed by atoms with Crippen LogP contribution in [0.5, 0.6) is 0 Å². The van der Waals surface area contributed by atoms with Crippen molar-refractivity contribution in [3.8, 4) is 0 Å². The molecule has 20 heavy (non-hydrogen) atoms. The van der Waals surface area contributed by atoms with E-state index in [1.807, 2.05) is 6.07 Å². The molecule has 3 N–H and O–H groups in total. The number of hydrogen-bond donors (Lipinski definition) is 3. The zero-order chi connectivity index (χ0) is 16.6. The number of aliphatic carboxylic acids is 3. The first-order valence-electron chi connectivity index (χ1n) is 5.75. The van der Waals surface area contributed by atoms with E-state index in [9.17, 15) is 0 Å². The highest BCUT2D eigenvalue weighted by Gasteiger charge is 1.79. The zero-order valence-corrected chi connectivity index (χ0v) is 12.2. The molecule has 1 aromatic rings. The summed E-state index contributed by atoms with van der Waals surface area (Å²) in [6.07, 6.45) is 1.14. The lowest BCUT2D eigenvalue weighted by Gasteiger charge is -1.89. The molecule has 0 atom stereocenters. The molecular weight excluding hydrogens is 264 g/mol. The van der Waals surface area contributed by atoms with Crippen molar-refractivity contribution >= 4 is 17.9 Å². The van der Waals surface area contributed by atoms with Gasteiger partial charge in [0, 0.05) is 20.8 Å². The minimum Gasteiger partial charge on any atom is -0.481 e. The lowest BCUT2D eigenvalue weighted by molar-refractivity contribution is -0.135. The van der Waals surface area contributed by atoms with E-state index in [4.69, 9.17) is 29.7 Å². The minimum absolute atomic E-state index is 0.833. The van der Waals surface area contributed by atoms with Gasteiger partial charge in [0.15, 0.2) is 0 Å². The predicted octanol–water partition coefficient (Wildman–Crippen LogP) is 2.52. The van der Waals surface area contributed by atoms with Crippen LogP contribution >= 0.6 is 0 Å². The van der Waals surface area contributed by atoms with Crippen LogP contribution < -0.4 is 0 Å². The molecule has 0 aromatic heterocycles. The van der Waals surface area contributed by atoms with Gasteiger partial charge >= 0.3 is 0 Å². The molecule has 6 nitrogen and oxygen atoms in total. The summed E-state index contributed by atoms with van der Waals surface area (Å²) in [6.45, 7) is 5.41. The van der Waals surface area contributed by atoms with E-state index >= 15 is 0 Å². The van der Waals surface area contributed by atoms with Crippen molar-refractivity contribution in [1.29, 1.82) is 0 Å². The summed E-state index contributed by atoms with van der Waals surface area (Å²) < 4.78 is 0. The Balaban J connectivity index is -0.000000209. The second-order valence-electron chi connectivity index (χ2n) is 3.40. The van der Waals surface area contributed by atoms with E-state index in [2.05, 4.69) is 31.2 Å². The summed E-state index contributed by atoms with van der Waals surface area (Å²) in [5.41, 5.74) is 1.41. The van der Waals surface area contributed by atoms with Crippen LogP contribution in [-0.2, 0) is 20.8 Å². The van der Waals surface area contributed by atoms with Crippen LogP contribution in [0.1, 0.15) is 33.3 Å². The van der Waals surface area contributed by atoms with Crippen molar-refractivity contribution < 1.29 is 29.7 Å². The SMILES string of the molecule is CC(=O)O.CC(=O)O.CC(=O)O.CCc1ccccc1. The number of rotatable bonds is 1. The fourth-order valence-electron chi connectivity index (χ4n) is 0.714. The minimum atomic E-state index is -0.833. The van der Waals surface area contributed by atoms with E-state index in [1.165, 1.54) is 5.56 Å². The van der Waals surface area contributed by atoms with Crippen molar-refractivity contribution in [2.45, 2.75) is 34.1 Å². The molecule has 0 aliphatic rings. The van der Waals surface area contributed by atoms with E-state index in [0.29, 0.717) is 0 Å². The summed E-state index contributed by atoms with van der Waals surface area (Å²) in [6, 6.07) is 10.5. The topological polar surface area (TPSA) is 112 Å². The third kappa shape index (κ3) is 57.5. The van der Waals surface area contributed by atoms with E-state index in [-0.39, 0.29) is 0 Å². The lowest BCUT2D eigenvalue weighted by Crippen LogP contribution is -1.78. The normalized spacial score (nSPS) is 7.40. The Bertz CT molecular complexity index is 332. The summed E-state index contributed by atoms with van der Waals surface area (Å²) in [5.74, 6) is -2.50. The molecule has 0 aliphatic heterocycles. The molecule has 0 spiro atoms. The quantitative estimate of drug-likeness (QED) is 0.731. The maximum Gasteiger partial charge on any atom is 0.300 e. The van der Waals surface area contributed by atoms with Crippen LogP contribution in [0.15, 0.2) is 30.3 Å². The molecule has 0 amide bonds. The van der Waals surface area contributed by atoms with Crippen molar-refractivity contribution in [3.63, 3.8) is 0 Å². The van der Waals surface area contributed by atoms with Gasteiger partial charge in [-0.25, -0.2) is 0 Å². The monoisotopic (exact) mass is 286 g/mol. The third-order valence-corrected chi connectivity index (χ3v) is 1.25. The Morgan fingerprint density at radius 2 is 1.05 bits per heavy atom. The lowest BCUT2D eigenvalue weighted by atomic mass is 10.2. The maximum absolute atomic E-state index is 9.00. The molecule has 6 heteroatoms. The predicted molar refractivity (Wildman–Crippen MR) is 75.7 cm³/mol. The molecule has 0 bridgehead atoms. The van der Waals surface area contributed by atoms with Gasteiger partial charge in [0.25, 0.3) is 17.9 Å². The second-order valence-corrected chi connectivity index (χ2v) is 3.40. The maximum atomic E-state index is 9.00. The molecule has 0 unspecified atom stereocenters. The standard InChI is InChI=1S/C8H10.3C2H4O2/c1-2-8-6-4-3-5-7-8;3*1-2(3)4/h3-7H,2H2,1H3;3*1H3,(H,3,4). The first-order valence-corrected chi connectivity index (χ1v) is 5.75. The number of aryl methyl sites for hydroxylation is 1. The fourth-order valence-corrected chi connectivity index (χ4v) is 0.714. The third-order valence-electron chi connectivity index (χ3n) is 1.25. The first-order chi connectivity index (χ1) is 9.13.